The summed E-state index contributed by atoms with van der Waals surface area (Å²) in [5.41, 5.74) is 0.503. The molecule has 2 rings (SSSR count). The van der Waals surface area contributed by atoms with Gasteiger partial charge in [0, 0.05) is 19.0 Å². The third-order valence-corrected chi connectivity index (χ3v) is 3.98. The average molecular weight is 236 g/mol. The number of nitrogens with one attached hydrogen (secondary N) is 1. The lowest BCUT2D eigenvalue weighted by molar-refractivity contribution is 0.410. The highest BCUT2D eigenvalue weighted by Crippen LogP contribution is 2.53. The van der Waals surface area contributed by atoms with Crippen LogP contribution < -0.4 is 5.32 Å². The van der Waals surface area contributed by atoms with Gasteiger partial charge in [-0.15, -0.1) is 0 Å². The molecule has 96 valence electrons. The lowest BCUT2D eigenvalue weighted by Gasteiger charge is -2.17. The molecule has 1 N–H and O–H groups in total. The van der Waals surface area contributed by atoms with Gasteiger partial charge in [0.05, 0.1) is 0 Å². The van der Waals surface area contributed by atoms with Crippen LogP contribution in [0.4, 0.5) is 0 Å². The first kappa shape index (κ1) is 12.6. The summed E-state index contributed by atoms with van der Waals surface area (Å²) in [6.07, 6.45) is 5.09. The number of likely N-dealkylation sites (N-methyl/N-ethyl adjacent to an activating group) is 1. The van der Waals surface area contributed by atoms with Crippen LogP contribution in [-0.2, 0) is 13.0 Å². The van der Waals surface area contributed by atoms with Crippen molar-refractivity contribution in [1.29, 1.82) is 0 Å². The first-order valence-electron chi connectivity index (χ1n) is 6.62. The maximum absolute atomic E-state index is 4.39. The van der Waals surface area contributed by atoms with E-state index in [1.54, 1.807) is 6.33 Å². The molecule has 1 heterocycles. The summed E-state index contributed by atoms with van der Waals surface area (Å²) >= 11 is 0. The summed E-state index contributed by atoms with van der Waals surface area (Å²) in [4.78, 5) is 4.39. The minimum Gasteiger partial charge on any atom is -0.316 e. The standard InChI is InChI=1S/C13H24N4/c1-5-6-17-12(15-9-16-17)7-11(14-4)10-8-13(10,2)3/h9-11,14H,5-8H2,1-4H3. The lowest BCUT2D eigenvalue weighted by atomic mass is 10.0. The second-order valence-electron chi connectivity index (χ2n) is 5.80. The second kappa shape index (κ2) is 4.77. The van der Waals surface area contributed by atoms with Gasteiger partial charge in [0.1, 0.15) is 12.2 Å². The Bertz CT molecular complexity index is 369. The normalized spacial score (nSPS) is 23.6. The van der Waals surface area contributed by atoms with Gasteiger partial charge in [-0.25, -0.2) is 4.98 Å². The summed E-state index contributed by atoms with van der Waals surface area (Å²) in [6, 6.07) is 0.532. The van der Waals surface area contributed by atoms with E-state index >= 15 is 0 Å². The monoisotopic (exact) mass is 236 g/mol. The smallest absolute Gasteiger partial charge is 0.138 e. The van der Waals surface area contributed by atoms with Gasteiger partial charge in [0.2, 0.25) is 0 Å². The molecule has 0 amide bonds. The Balaban J connectivity index is 2.01. The van der Waals surface area contributed by atoms with E-state index in [-0.39, 0.29) is 0 Å². The molecule has 17 heavy (non-hydrogen) atoms. The van der Waals surface area contributed by atoms with Crippen LogP contribution in [0.2, 0.25) is 0 Å². The molecular formula is C13H24N4. The Labute approximate surface area is 104 Å². The van der Waals surface area contributed by atoms with Gasteiger partial charge in [0.25, 0.3) is 0 Å². The van der Waals surface area contributed by atoms with Gasteiger partial charge in [-0.2, -0.15) is 5.10 Å². The van der Waals surface area contributed by atoms with Crippen LogP contribution in [0.15, 0.2) is 6.33 Å². The summed E-state index contributed by atoms with van der Waals surface area (Å²) in [5.74, 6) is 1.90. The molecule has 0 radical (unpaired) electrons. The summed E-state index contributed by atoms with van der Waals surface area (Å²) < 4.78 is 2.04. The maximum atomic E-state index is 4.39. The van der Waals surface area contributed by atoms with Gasteiger partial charge in [-0.05, 0) is 31.2 Å². The van der Waals surface area contributed by atoms with Crippen molar-refractivity contribution in [1.82, 2.24) is 20.1 Å². The Morgan fingerprint density at radius 2 is 2.29 bits per heavy atom. The Kier molecular flexibility index (Phi) is 3.52. The minimum absolute atomic E-state index is 0.503. The third-order valence-electron chi connectivity index (χ3n) is 3.98. The molecule has 1 saturated carbocycles. The fourth-order valence-electron chi connectivity index (χ4n) is 2.68. The van der Waals surface area contributed by atoms with E-state index in [0.717, 1.165) is 31.1 Å². The summed E-state index contributed by atoms with van der Waals surface area (Å²) in [6.45, 7) is 7.84. The predicted octanol–water partition coefficient (Wildman–Crippen LogP) is 1.86. The van der Waals surface area contributed by atoms with Crippen LogP contribution in [0, 0.1) is 11.3 Å². The van der Waals surface area contributed by atoms with Gasteiger partial charge < -0.3 is 5.32 Å². The van der Waals surface area contributed by atoms with Crippen molar-refractivity contribution in [2.24, 2.45) is 11.3 Å². The van der Waals surface area contributed by atoms with Crippen molar-refractivity contribution < 1.29 is 0 Å². The van der Waals surface area contributed by atoms with Gasteiger partial charge in [-0.3, -0.25) is 4.68 Å². The van der Waals surface area contributed by atoms with Crippen LogP contribution in [0.25, 0.3) is 0 Å². The Morgan fingerprint density at radius 1 is 1.59 bits per heavy atom. The highest BCUT2D eigenvalue weighted by Gasteiger charge is 2.49. The number of rotatable bonds is 6. The van der Waals surface area contributed by atoms with E-state index in [1.165, 1.54) is 6.42 Å². The maximum Gasteiger partial charge on any atom is 0.138 e. The predicted molar refractivity (Wildman–Crippen MR) is 68.8 cm³/mol. The molecule has 0 aromatic carbocycles. The molecule has 2 unspecified atom stereocenters. The van der Waals surface area contributed by atoms with Crippen molar-refractivity contribution >= 4 is 0 Å². The zero-order valence-corrected chi connectivity index (χ0v) is 11.4. The van der Waals surface area contributed by atoms with Crippen LogP contribution in [0.5, 0.6) is 0 Å². The molecule has 1 aromatic heterocycles. The highest BCUT2D eigenvalue weighted by molar-refractivity contribution is 5.04. The van der Waals surface area contributed by atoms with Crippen molar-refractivity contribution in [2.45, 2.75) is 52.6 Å². The van der Waals surface area contributed by atoms with Crippen LogP contribution in [0.3, 0.4) is 0 Å². The topological polar surface area (TPSA) is 42.7 Å². The number of nitrogens with zero attached hydrogens (tertiary/aromatic N) is 3. The van der Waals surface area contributed by atoms with E-state index in [0.29, 0.717) is 11.5 Å². The molecule has 4 nitrogen and oxygen atoms in total. The first-order chi connectivity index (χ1) is 8.08. The molecule has 1 fully saturated rings. The van der Waals surface area contributed by atoms with Crippen LogP contribution in [-0.4, -0.2) is 27.9 Å². The molecule has 2 atom stereocenters. The molecule has 1 aliphatic carbocycles. The fourth-order valence-corrected chi connectivity index (χ4v) is 2.68. The van der Waals surface area contributed by atoms with Crippen molar-refractivity contribution in [2.75, 3.05) is 7.05 Å². The number of hydrogen-bond donors (Lipinski definition) is 1. The Hall–Kier alpha value is -0.900. The van der Waals surface area contributed by atoms with E-state index in [1.807, 2.05) is 4.68 Å². The largest absolute Gasteiger partial charge is 0.316 e. The third kappa shape index (κ3) is 2.68. The first-order valence-corrected chi connectivity index (χ1v) is 6.62. The van der Waals surface area contributed by atoms with Crippen molar-refractivity contribution in [3.8, 4) is 0 Å². The van der Waals surface area contributed by atoms with E-state index in [2.05, 4.69) is 43.2 Å². The summed E-state index contributed by atoms with van der Waals surface area (Å²) in [7, 11) is 2.06. The van der Waals surface area contributed by atoms with Crippen LogP contribution in [0.1, 0.15) is 39.4 Å². The van der Waals surface area contributed by atoms with E-state index in [4.69, 9.17) is 0 Å². The number of hydrogen-bond acceptors (Lipinski definition) is 3. The van der Waals surface area contributed by atoms with Crippen molar-refractivity contribution in [3.63, 3.8) is 0 Å². The quantitative estimate of drug-likeness (QED) is 0.820. The lowest BCUT2D eigenvalue weighted by Crippen LogP contribution is -2.32. The van der Waals surface area contributed by atoms with E-state index < -0.39 is 0 Å². The molecule has 0 aliphatic heterocycles. The minimum atomic E-state index is 0.503. The zero-order valence-electron chi connectivity index (χ0n) is 11.4. The zero-order chi connectivity index (χ0) is 12.5. The van der Waals surface area contributed by atoms with Crippen LogP contribution >= 0.6 is 0 Å². The van der Waals surface area contributed by atoms with Gasteiger partial charge >= 0.3 is 0 Å². The molecule has 0 saturated heterocycles. The van der Waals surface area contributed by atoms with Gasteiger partial charge in [-0.1, -0.05) is 20.8 Å². The molecule has 1 aromatic rings. The van der Waals surface area contributed by atoms with Crippen molar-refractivity contribution in [3.05, 3.63) is 12.2 Å². The summed E-state index contributed by atoms with van der Waals surface area (Å²) in [5, 5.41) is 7.73. The molecule has 0 bridgehead atoms. The fraction of sp³-hybridized carbons (Fsp3) is 0.846. The number of aromatic nitrogens is 3. The Morgan fingerprint density at radius 3 is 2.82 bits per heavy atom. The van der Waals surface area contributed by atoms with Gasteiger partial charge in [0.15, 0.2) is 0 Å². The molecular weight excluding hydrogens is 212 g/mol. The molecule has 4 heteroatoms. The molecule has 0 spiro atoms. The SMILES string of the molecule is CCCn1ncnc1CC(NC)C1CC1(C)C. The molecule has 1 aliphatic rings. The van der Waals surface area contributed by atoms with E-state index in [9.17, 15) is 0 Å². The highest BCUT2D eigenvalue weighted by atomic mass is 15.3. The second-order valence-corrected chi connectivity index (χ2v) is 5.80. The number of aryl methyl sites for hydroxylation is 1. The average Bonchev–Trinajstić information content (AvgIpc) is 2.72.